The molecule has 20 heavy (non-hydrogen) atoms. The van der Waals surface area contributed by atoms with Crippen LogP contribution in [0.15, 0.2) is 34.7 Å². The van der Waals surface area contributed by atoms with Gasteiger partial charge >= 0.3 is 0 Å². The Kier molecular flexibility index (Phi) is 4.14. The number of benzene rings is 1. The van der Waals surface area contributed by atoms with Crippen LogP contribution in [0.2, 0.25) is 0 Å². The number of nitrogens with one attached hydrogen (secondary N) is 1. The highest BCUT2D eigenvalue weighted by molar-refractivity contribution is 5.81. The fourth-order valence-electron chi connectivity index (χ4n) is 1.91. The minimum Gasteiger partial charge on any atom is -0.458 e. The highest BCUT2D eigenvalue weighted by atomic mass is 16.5. The van der Waals surface area contributed by atoms with E-state index in [1.165, 1.54) is 0 Å². The average Bonchev–Trinajstić information content (AvgIpc) is 2.81. The van der Waals surface area contributed by atoms with Crippen LogP contribution in [0, 0.1) is 5.41 Å². The summed E-state index contributed by atoms with van der Waals surface area (Å²) in [6.45, 7) is 6.04. The normalized spacial score (nSPS) is 13.4. The molecule has 0 aliphatic heterocycles. The molecule has 4 heteroatoms. The molecule has 0 saturated heterocycles. The lowest BCUT2D eigenvalue weighted by atomic mass is 9.95. The van der Waals surface area contributed by atoms with Crippen molar-refractivity contribution in [2.24, 2.45) is 5.41 Å². The molecular formula is C16H21NO3. The molecule has 108 valence electrons. The first kappa shape index (κ1) is 14.6. The molecule has 1 aromatic heterocycles. The van der Waals surface area contributed by atoms with Gasteiger partial charge in [0.2, 0.25) is 5.91 Å². The highest BCUT2D eigenvalue weighted by Crippen LogP contribution is 2.25. The van der Waals surface area contributed by atoms with E-state index in [0.717, 1.165) is 16.7 Å². The third-order valence-corrected chi connectivity index (χ3v) is 3.18. The van der Waals surface area contributed by atoms with E-state index in [1.54, 1.807) is 7.11 Å². The lowest BCUT2D eigenvalue weighted by molar-refractivity contribution is -0.129. The Morgan fingerprint density at radius 1 is 1.35 bits per heavy atom. The summed E-state index contributed by atoms with van der Waals surface area (Å²) < 4.78 is 11.2. The molecular weight excluding hydrogens is 254 g/mol. The number of fused-ring (bicyclic) bond motifs is 1. The van der Waals surface area contributed by atoms with Gasteiger partial charge < -0.3 is 14.5 Å². The standard InChI is InChI=1S/C16H21NO3/c1-16(2,3)15(18)17-10-14(19-4)13-9-11-7-5-6-8-12(11)20-13/h5-9,14H,10H2,1-4H3,(H,17,18). The molecule has 0 saturated carbocycles. The highest BCUT2D eigenvalue weighted by Gasteiger charge is 2.23. The molecule has 0 fully saturated rings. The third kappa shape index (κ3) is 3.20. The Balaban J connectivity index is 2.10. The Morgan fingerprint density at radius 2 is 2.05 bits per heavy atom. The van der Waals surface area contributed by atoms with Crippen molar-refractivity contribution in [2.75, 3.05) is 13.7 Å². The number of ether oxygens (including phenoxy) is 1. The molecule has 2 aromatic rings. The van der Waals surface area contributed by atoms with Crippen molar-refractivity contribution in [2.45, 2.75) is 26.9 Å². The van der Waals surface area contributed by atoms with Gasteiger partial charge in [-0.2, -0.15) is 0 Å². The van der Waals surface area contributed by atoms with E-state index in [9.17, 15) is 4.79 Å². The average molecular weight is 275 g/mol. The molecule has 0 aliphatic rings. The SMILES string of the molecule is COC(CNC(=O)C(C)(C)C)c1cc2ccccc2o1. The molecule has 1 N–H and O–H groups in total. The van der Waals surface area contributed by atoms with Crippen molar-refractivity contribution in [3.05, 3.63) is 36.1 Å². The number of carbonyl (C=O) groups excluding carboxylic acids is 1. The predicted octanol–water partition coefficient (Wildman–Crippen LogP) is 3.28. The molecule has 0 bridgehead atoms. The minimum absolute atomic E-state index is 0.00402. The number of carbonyl (C=O) groups is 1. The van der Waals surface area contributed by atoms with E-state index < -0.39 is 5.41 Å². The number of hydrogen-bond donors (Lipinski definition) is 1. The van der Waals surface area contributed by atoms with Crippen molar-refractivity contribution in [3.63, 3.8) is 0 Å². The molecule has 2 rings (SSSR count). The maximum atomic E-state index is 11.9. The molecule has 4 nitrogen and oxygen atoms in total. The Bertz CT molecular complexity index is 562. The van der Waals surface area contributed by atoms with Gasteiger partial charge in [0.1, 0.15) is 17.4 Å². The van der Waals surface area contributed by atoms with Crippen LogP contribution < -0.4 is 5.32 Å². The van der Waals surface area contributed by atoms with Crippen molar-refractivity contribution in [1.29, 1.82) is 0 Å². The lowest BCUT2D eigenvalue weighted by Gasteiger charge is -2.20. The Morgan fingerprint density at radius 3 is 2.65 bits per heavy atom. The van der Waals surface area contributed by atoms with Crippen LogP contribution in [-0.4, -0.2) is 19.6 Å². The predicted molar refractivity (Wildman–Crippen MR) is 78.4 cm³/mol. The fraction of sp³-hybridized carbons (Fsp3) is 0.438. The first-order valence-corrected chi connectivity index (χ1v) is 6.71. The van der Waals surface area contributed by atoms with Crippen molar-refractivity contribution in [1.82, 2.24) is 5.32 Å². The molecule has 1 atom stereocenters. The van der Waals surface area contributed by atoms with E-state index in [1.807, 2.05) is 51.1 Å². The summed E-state index contributed by atoms with van der Waals surface area (Å²) in [7, 11) is 1.61. The van der Waals surface area contributed by atoms with Crippen LogP contribution in [-0.2, 0) is 9.53 Å². The van der Waals surface area contributed by atoms with Crippen molar-refractivity contribution >= 4 is 16.9 Å². The number of rotatable bonds is 4. The van der Waals surface area contributed by atoms with Crippen molar-refractivity contribution < 1.29 is 13.9 Å². The summed E-state index contributed by atoms with van der Waals surface area (Å²) in [5.74, 6) is 0.721. The Hall–Kier alpha value is -1.81. The van der Waals surface area contributed by atoms with E-state index in [2.05, 4.69) is 5.32 Å². The van der Waals surface area contributed by atoms with Gasteiger partial charge in [-0.25, -0.2) is 0 Å². The second kappa shape index (κ2) is 5.67. The molecule has 0 aliphatic carbocycles. The first-order valence-electron chi connectivity index (χ1n) is 6.71. The van der Waals surface area contributed by atoms with Gasteiger partial charge in [0.05, 0.1) is 6.54 Å². The monoisotopic (exact) mass is 275 g/mol. The van der Waals surface area contributed by atoms with Gasteiger partial charge in [0, 0.05) is 17.9 Å². The van der Waals surface area contributed by atoms with E-state index >= 15 is 0 Å². The molecule has 0 radical (unpaired) electrons. The summed E-state index contributed by atoms with van der Waals surface area (Å²) in [4.78, 5) is 11.9. The zero-order valence-corrected chi connectivity index (χ0v) is 12.4. The van der Waals surface area contributed by atoms with Crippen LogP contribution >= 0.6 is 0 Å². The number of hydrogen-bond acceptors (Lipinski definition) is 3. The molecule has 1 heterocycles. The van der Waals surface area contributed by atoms with Crippen LogP contribution in [0.4, 0.5) is 0 Å². The maximum Gasteiger partial charge on any atom is 0.225 e. The lowest BCUT2D eigenvalue weighted by Crippen LogP contribution is -2.37. The van der Waals surface area contributed by atoms with Gasteiger partial charge in [0.25, 0.3) is 0 Å². The minimum atomic E-state index is -0.411. The number of furan rings is 1. The van der Waals surface area contributed by atoms with E-state index in [-0.39, 0.29) is 12.0 Å². The smallest absolute Gasteiger partial charge is 0.225 e. The summed E-state index contributed by atoms with van der Waals surface area (Å²) in [5, 5.41) is 3.93. The second-order valence-corrected chi connectivity index (χ2v) is 5.87. The summed E-state index contributed by atoms with van der Waals surface area (Å²) in [6, 6.07) is 9.75. The number of amides is 1. The van der Waals surface area contributed by atoms with E-state index in [4.69, 9.17) is 9.15 Å². The van der Waals surface area contributed by atoms with Crippen LogP contribution in [0.25, 0.3) is 11.0 Å². The zero-order chi connectivity index (χ0) is 14.8. The number of para-hydroxylation sites is 1. The number of methoxy groups -OCH3 is 1. The third-order valence-electron chi connectivity index (χ3n) is 3.18. The zero-order valence-electron chi connectivity index (χ0n) is 12.4. The Labute approximate surface area is 119 Å². The van der Waals surface area contributed by atoms with Crippen molar-refractivity contribution in [3.8, 4) is 0 Å². The van der Waals surface area contributed by atoms with Gasteiger partial charge in [-0.15, -0.1) is 0 Å². The molecule has 0 spiro atoms. The molecule has 1 unspecified atom stereocenters. The molecule has 1 aromatic carbocycles. The quantitative estimate of drug-likeness (QED) is 0.931. The second-order valence-electron chi connectivity index (χ2n) is 5.87. The molecule has 1 amide bonds. The van der Waals surface area contributed by atoms with Gasteiger partial charge in [-0.05, 0) is 12.1 Å². The summed E-state index contributed by atoms with van der Waals surface area (Å²) in [6.07, 6.45) is -0.284. The van der Waals surface area contributed by atoms with Crippen LogP contribution in [0.1, 0.15) is 32.6 Å². The topological polar surface area (TPSA) is 51.5 Å². The van der Waals surface area contributed by atoms with Crippen LogP contribution in [0.5, 0.6) is 0 Å². The van der Waals surface area contributed by atoms with Gasteiger partial charge in [-0.3, -0.25) is 4.79 Å². The van der Waals surface area contributed by atoms with E-state index in [0.29, 0.717) is 6.54 Å². The summed E-state index contributed by atoms with van der Waals surface area (Å²) >= 11 is 0. The fourth-order valence-corrected chi connectivity index (χ4v) is 1.91. The van der Waals surface area contributed by atoms with Crippen LogP contribution in [0.3, 0.4) is 0 Å². The maximum absolute atomic E-state index is 11.9. The van der Waals surface area contributed by atoms with Gasteiger partial charge in [0.15, 0.2) is 0 Å². The van der Waals surface area contributed by atoms with Gasteiger partial charge in [-0.1, -0.05) is 39.0 Å². The largest absolute Gasteiger partial charge is 0.458 e. The summed E-state index contributed by atoms with van der Waals surface area (Å²) in [5.41, 5.74) is 0.415. The first-order chi connectivity index (χ1) is 9.41.